The molecule has 0 saturated carbocycles. The summed E-state index contributed by atoms with van der Waals surface area (Å²) >= 11 is 0. The fourth-order valence-corrected chi connectivity index (χ4v) is 4.21. The molecule has 0 bridgehead atoms. The van der Waals surface area contributed by atoms with Crippen LogP contribution >= 0.6 is 0 Å². The number of allylic oxidation sites excluding steroid dienone is 3. The van der Waals surface area contributed by atoms with Crippen molar-refractivity contribution in [2.75, 3.05) is 25.1 Å². The molecule has 1 aromatic heterocycles. The third kappa shape index (κ3) is 5.25. The van der Waals surface area contributed by atoms with E-state index in [4.69, 9.17) is 14.2 Å². The maximum atomic E-state index is 12.4. The van der Waals surface area contributed by atoms with E-state index in [0.29, 0.717) is 36.1 Å². The van der Waals surface area contributed by atoms with E-state index in [0.717, 1.165) is 42.8 Å². The normalized spacial score (nSPS) is 19.7. The Morgan fingerprint density at radius 3 is 3.03 bits per heavy atom. The van der Waals surface area contributed by atoms with Gasteiger partial charge in [0.1, 0.15) is 35.5 Å². The van der Waals surface area contributed by atoms with Crippen LogP contribution in [-0.4, -0.2) is 42.1 Å². The molecule has 0 spiro atoms. The van der Waals surface area contributed by atoms with E-state index in [1.165, 1.54) is 7.11 Å². The summed E-state index contributed by atoms with van der Waals surface area (Å²) in [5, 5.41) is 9.39. The number of aromatic nitrogens is 1. The number of nitrogens with zero attached hydrogens (tertiary/aromatic N) is 4. The first-order chi connectivity index (χ1) is 16.5. The second-order valence-corrected chi connectivity index (χ2v) is 8.92. The Labute approximate surface area is 200 Å². The number of methoxy groups -OCH3 is 1. The molecule has 1 amide bonds. The van der Waals surface area contributed by atoms with Crippen molar-refractivity contribution in [2.45, 2.75) is 45.6 Å². The number of amides is 1. The van der Waals surface area contributed by atoms with E-state index in [2.05, 4.69) is 31.0 Å². The quantitative estimate of drug-likeness (QED) is 0.594. The molecule has 3 heterocycles. The first-order valence-electron chi connectivity index (χ1n) is 11.6. The molecule has 8 nitrogen and oxygen atoms in total. The molecule has 2 aliphatic heterocycles. The number of nitriles is 1. The average molecular weight is 463 g/mol. The molecule has 1 aromatic rings. The summed E-state index contributed by atoms with van der Waals surface area (Å²) in [6.07, 6.45) is 14.0. The van der Waals surface area contributed by atoms with Gasteiger partial charge in [0.15, 0.2) is 0 Å². The van der Waals surface area contributed by atoms with Gasteiger partial charge in [0.2, 0.25) is 11.8 Å². The molecule has 3 aliphatic rings. The fraction of sp³-hybridized carbons (Fsp3) is 0.423. The predicted octanol–water partition coefficient (Wildman–Crippen LogP) is 4.38. The smallest absolute Gasteiger partial charge is 0.231 e. The Morgan fingerprint density at radius 2 is 2.26 bits per heavy atom. The molecule has 0 N–H and O–H groups in total. The number of likely N-dealkylation sites (tertiary alicyclic amines) is 1. The van der Waals surface area contributed by atoms with Crippen LogP contribution in [0.25, 0.3) is 0 Å². The van der Waals surface area contributed by atoms with Gasteiger partial charge >= 0.3 is 0 Å². The van der Waals surface area contributed by atoms with Gasteiger partial charge in [-0.3, -0.25) is 4.79 Å². The van der Waals surface area contributed by atoms with Crippen molar-refractivity contribution in [2.24, 2.45) is 5.92 Å². The van der Waals surface area contributed by atoms with Crippen molar-refractivity contribution in [1.29, 1.82) is 5.26 Å². The number of anilines is 1. The van der Waals surface area contributed by atoms with Crippen LogP contribution < -0.4 is 9.64 Å². The lowest BCUT2D eigenvalue weighted by molar-refractivity contribution is -0.131. The van der Waals surface area contributed by atoms with Crippen LogP contribution in [0.5, 0.6) is 5.88 Å². The zero-order valence-corrected chi connectivity index (χ0v) is 19.9. The summed E-state index contributed by atoms with van der Waals surface area (Å²) in [5.41, 5.74) is 2.06. The molecular weight excluding hydrogens is 432 g/mol. The summed E-state index contributed by atoms with van der Waals surface area (Å²) in [5.74, 6) is 2.29. The van der Waals surface area contributed by atoms with Crippen molar-refractivity contribution in [1.82, 2.24) is 9.88 Å². The number of ether oxygens (including phenoxy) is 3. The summed E-state index contributed by atoms with van der Waals surface area (Å²) in [6, 6.07) is 3.84. The van der Waals surface area contributed by atoms with E-state index in [1.807, 2.05) is 22.1 Å². The summed E-state index contributed by atoms with van der Waals surface area (Å²) in [6.45, 7) is 5.45. The highest BCUT2D eigenvalue weighted by Gasteiger charge is 2.29. The minimum absolute atomic E-state index is 0.0383. The number of hydrogen-bond donors (Lipinski definition) is 0. The maximum Gasteiger partial charge on any atom is 0.231 e. The molecule has 0 unspecified atom stereocenters. The molecule has 4 rings (SSSR count). The minimum Gasteiger partial charge on any atom is -0.488 e. The first kappa shape index (κ1) is 23.4. The van der Waals surface area contributed by atoms with Crippen molar-refractivity contribution in [3.63, 3.8) is 0 Å². The van der Waals surface area contributed by atoms with Gasteiger partial charge in [-0.05, 0) is 30.9 Å². The third-order valence-corrected chi connectivity index (χ3v) is 5.92. The van der Waals surface area contributed by atoms with Crippen molar-refractivity contribution in [3.05, 3.63) is 65.7 Å². The van der Waals surface area contributed by atoms with Gasteiger partial charge in [0.25, 0.3) is 0 Å². The van der Waals surface area contributed by atoms with Gasteiger partial charge in [-0.15, -0.1) is 0 Å². The fourth-order valence-electron chi connectivity index (χ4n) is 4.21. The molecule has 0 radical (unpaired) electrons. The van der Waals surface area contributed by atoms with Crippen molar-refractivity contribution >= 4 is 11.6 Å². The summed E-state index contributed by atoms with van der Waals surface area (Å²) in [4.78, 5) is 20.4. The molecule has 0 aromatic carbocycles. The second kappa shape index (κ2) is 10.5. The number of hydrogen-bond acceptors (Lipinski definition) is 7. The van der Waals surface area contributed by atoms with Crippen LogP contribution in [0.4, 0.5) is 5.69 Å². The average Bonchev–Trinajstić information content (AvgIpc) is 3.32. The van der Waals surface area contributed by atoms with E-state index >= 15 is 0 Å². The third-order valence-electron chi connectivity index (χ3n) is 5.92. The lowest BCUT2D eigenvalue weighted by atomic mass is 10.0. The Hall–Kier alpha value is -3.73. The first-order valence-corrected chi connectivity index (χ1v) is 11.6. The molecule has 1 atom stereocenters. The van der Waals surface area contributed by atoms with E-state index in [1.54, 1.807) is 24.7 Å². The number of rotatable bonds is 7. The Kier molecular flexibility index (Phi) is 7.21. The number of carbonyl (C=O) groups is 1. The van der Waals surface area contributed by atoms with Crippen LogP contribution in [0.1, 0.15) is 45.1 Å². The lowest BCUT2D eigenvalue weighted by Crippen LogP contribution is -2.31. The van der Waals surface area contributed by atoms with E-state index < -0.39 is 0 Å². The Morgan fingerprint density at radius 1 is 1.41 bits per heavy atom. The zero-order valence-electron chi connectivity index (χ0n) is 19.9. The van der Waals surface area contributed by atoms with Crippen LogP contribution in [0.3, 0.4) is 0 Å². The predicted molar refractivity (Wildman–Crippen MR) is 127 cm³/mol. The van der Waals surface area contributed by atoms with Gasteiger partial charge in [0, 0.05) is 31.2 Å². The lowest BCUT2D eigenvalue weighted by Gasteiger charge is -2.26. The minimum atomic E-state index is -0.0383. The van der Waals surface area contributed by atoms with Crippen LogP contribution in [0, 0.1) is 17.2 Å². The molecule has 178 valence electrons. The topological polar surface area (TPSA) is 87.9 Å². The van der Waals surface area contributed by atoms with Gasteiger partial charge in [-0.1, -0.05) is 19.9 Å². The molecule has 1 aliphatic carbocycles. The highest BCUT2D eigenvalue weighted by molar-refractivity contribution is 5.76. The van der Waals surface area contributed by atoms with E-state index in [9.17, 15) is 10.1 Å². The van der Waals surface area contributed by atoms with Crippen LogP contribution in [0.2, 0.25) is 0 Å². The van der Waals surface area contributed by atoms with Gasteiger partial charge in [0.05, 0.1) is 31.7 Å². The largest absolute Gasteiger partial charge is 0.488 e. The van der Waals surface area contributed by atoms with Crippen molar-refractivity contribution in [3.8, 4) is 11.9 Å². The monoisotopic (exact) mass is 462 g/mol. The Balaban J connectivity index is 1.52. The van der Waals surface area contributed by atoms with Crippen LogP contribution in [-0.2, 0) is 14.3 Å². The SMILES string of the molecule is COc1ncc(N2C=COC(C3=C(O[C@H]4CCN(C(=O)CC(C)C)C4)C=CCC3)=C2)cc1C#N. The summed E-state index contributed by atoms with van der Waals surface area (Å²) in [7, 11) is 1.49. The molecule has 34 heavy (non-hydrogen) atoms. The highest BCUT2D eigenvalue weighted by atomic mass is 16.5. The highest BCUT2D eigenvalue weighted by Crippen LogP contribution is 2.33. The Bertz CT molecular complexity index is 1100. The second-order valence-electron chi connectivity index (χ2n) is 8.92. The van der Waals surface area contributed by atoms with Crippen molar-refractivity contribution < 1.29 is 19.0 Å². The standard InChI is InChI=1S/C26H30N4O4/c1-18(2)12-25(31)30-9-8-21(16-30)34-23-7-5-4-6-22(23)24-17-29(10-11-33-24)20-13-19(14-27)26(32-3)28-15-20/h5,7,10-11,13,15,17-18,21H,4,6,8-9,12,16H2,1-3H3/t21-/m0/s1. The maximum absolute atomic E-state index is 12.4. The zero-order chi connectivity index (χ0) is 24.1. The summed E-state index contributed by atoms with van der Waals surface area (Å²) < 4.78 is 17.4. The molecular formula is C26H30N4O4. The molecule has 1 fully saturated rings. The number of carbonyl (C=O) groups excluding carboxylic acids is 1. The van der Waals surface area contributed by atoms with Gasteiger partial charge in [-0.2, -0.15) is 5.26 Å². The van der Waals surface area contributed by atoms with E-state index in [-0.39, 0.29) is 12.0 Å². The van der Waals surface area contributed by atoms with Gasteiger partial charge < -0.3 is 24.0 Å². The van der Waals surface area contributed by atoms with Crippen LogP contribution in [0.15, 0.2) is 60.2 Å². The molecule has 8 heteroatoms. The number of pyridine rings is 1. The molecule has 1 saturated heterocycles. The van der Waals surface area contributed by atoms with Gasteiger partial charge in [-0.25, -0.2) is 4.98 Å².